The van der Waals surface area contributed by atoms with Crippen LogP contribution in [0.3, 0.4) is 0 Å². The monoisotopic (exact) mass is 173 g/mol. The van der Waals surface area contributed by atoms with Crippen LogP contribution < -0.4 is 0 Å². The second kappa shape index (κ2) is 2.86. The molecular weight excluding hydrogens is 162 g/mol. The molecule has 1 aliphatic carbocycles. The summed E-state index contributed by atoms with van der Waals surface area (Å²) in [6, 6.07) is 9.86. The highest BCUT2D eigenvalue weighted by Gasteiger charge is 2.46. The number of ether oxygens (including phenoxy) is 1. The first-order valence-electron chi connectivity index (χ1n) is 4.37. The van der Waals surface area contributed by atoms with Gasteiger partial charge >= 0.3 is 0 Å². The van der Waals surface area contributed by atoms with E-state index in [1.54, 1.807) is 7.11 Å². The van der Waals surface area contributed by atoms with E-state index in [1.165, 1.54) is 0 Å². The zero-order chi connectivity index (χ0) is 9.31. The van der Waals surface area contributed by atoms with Gasteiger partial charge in [-0.25, -0.2) is 0 Å². The van der Waals surface area contributed by atoms with Crippen LogP contribution >= 0.6 is 0 Å². The van der Waals surface area contributed by atoms with Crippen LogP contribution in [0.5, 0.6) is 0 Å². The summed E-state index contributed by atoms with van der Waals surface area (Å²) in [5.41, 5.74) is 1.63. The maximum atomic E-state index is 8.90. The van der Waals surface area contributed by atoms with E-state index in [2.05, 4.69) is 6.07 Å². The molecule has 0 heterocycles. The van der Waals surface area contributed by atoms with Crippen molar-refractivity contribution in [2.75, 3.05) is 7.11 Å². The van der Waals surface area contributed by atoms with Gasteiger partial charge in [0.1, 0.15) is 0 Å². The maximum Gasteiger partial charge on any atom is 0.0995 e. The molecule has 1 fully saturated rings. The van der Waals surface area contributed by atoms with Gasteiger partial charge in [0.25, 0.3) is 0 Å². The fourth-order valence-electron chi connectivity index (χ4n) is 1.67. The number of rotatable bonds is 2. The Balaban J connectivity index is 2.46. The average Bonchev–Trinajstić information content (AvgIpc) is 2.98. The molecule has 2 nitrogen and oxygen atoms in total. The van der Waals surface area contributed by atoms with Gasteiger partial charge in [0.2, 0.25) is 0 Å². The van der Waals surface area contributed by atoms with Crippen molar-refractivity contribution in [2.45, 2.75) is 18.4 Å². The molecule has 0 saturated heterocycles. The molecule has 1 aromatic carbocycles. The third-order valence-corrected chi connectivity index (χ3v) is 2.63. The van der Waals surface area contributed by atoms with Crippen molar-refractivity contribution in [1.29, 1.82) is 5.26 Å². The molecule has 2 heteroatoms. The number of nitriles is 1. The van der Waals surface area contributed by atoms with E-state index in [9.17, 15) is 0 Å². The molecule has 1 aromatic rings. The summed E-state index contributed by atoms with van der Waals surface area (Å²) in [6.07, 6.45) is 2.06. The third-order valence-electron chi connectivity index (χ3n) is 2.63. The minimum atomic E-state index is -0.147. The fraction of sp³-hybridized carbons (Fsp3) is 0.364. The van der Waals surface area contributed by atoms with Crippen LogP contribution in [0.4, 0.5) is 0 Å². The lowest BCUT2D eigenvalue weighted by Crippen LogP contribution is -2.10. The molecule has 2 rings (SSSR count). The van der Waals surface area contributed by atoms with Gasteiger partial charge in [0.05, 0.1) is 17.2 Å². The van der Waals surface area contributed by atoms with Gasteiger partial charge < -0.3 is 4.74 Å². The lowest BCUT2D eigenvalue weighted by atomic mass is 10.0. The van der Waals surface area contributed by atoms with Gasteiger partial charge in [-0.1, -0.05) is 18.2 Å². The minimum absolute atomic E-state index is 0.147. The van der Waals surface area contributed by atoms with Gasteiger partial charge in [0, 0.05) is 12.7 Å². The normalized spacial score (nSPS) is 17.8. The lowest BCUT2D eigenvalue weighted by molar-refractivity contribution is 0.0787. The highest BCUT2D eigenvalue weighted by atomic mass is 16.5. The molecule has 0 radical (unpaired) electrons. The molecule has 0 spiro atoms. The van der Waals surface area contributed by atoms with Crippen LogP contribution in [0.1, 0.15) is 24.0 Å². The highest BCUT2D eigenvalue weighted by Crippen LogP contribution is 2.49. The average molecular weight is 173 g/mol. The Morgan fingerprint density at radius 1 is 1.38 bits per heavy atom. The Labute approximate surface area is 77.8 Å². The van der Waals surface area contributed by atoms with Crippen LogP contribution in [-0.2, 0) is 10.3 Å². The molecule has 0 aliphatic heterocycles. The van der Waals surface area contributed by atoms with E-state index in [4.69, 9.17) is 10.00 Å². The molecule has 66 valence electrons. The first-order chi connectivity index (χ1) is 6.32. The van der Waals surface area contributed by atoms with Crippen LogP contribution in [0.25, 0.3) is 0 Å². The Bertz CT molecular complexity index is 361. The minimum Gasteiger partial charge on any atom is -0.373 e. The SMILES string of the molecule is COC1(c2ccccc2C#N)CC1. The first-order valence-corrected chi connectivity index (χ1v) is 4.37. The van der Waals surface area contributed by atoms with Crippen molar-refractivity contribution in [1.82, 2.24) is 0 Å². The zero-order valence-electron chi connectivity index (χ0n) is 7.58. The van der Waals surface area contributed by atoms with Gasteiger partial charge in [-0.05, 0) is 18.9 Å². The summed E-state index contributed by atoms with van der Waals surface area (Å²) in [5.74, 6) is 0. The van der Waals surface area contributed by atoms with Crippen molar-refractivity contribution >= 4 is 0 Å². The molecular formula is C11H11NO. The zero-order valence-corrected chi connectivity index (χ0v) is 7.58. The second-order valence-corrected chi connectivity index (χ2v) is 3.36. The van der Waals surface area contributed by atoms with E-state index in [1.807, 2.05) is 24.3 Å². The first kappa shape index (κ1) is 8.28. The smallest absolute Gasteiger partial charge is 0.0995 e. The van der Waals surface area contributed by atoms with E-state index in [0.29, 0.717) is 0 Å². The molecule has 1 saturated carbocycles. The van der Waals surface area contributed by atoms with E-state index < -0.39 is 0 Å². The molecule has 0 atom stereocenters. The summed E-state index contributed by atoms with van der Waals surface area (Å²) in [7, 11) is 1.71. The van der Waals surface area contributed by atoms with Gasteiger partial charge in [-0.3, -0.25) is 0 Å². The van der Waals surface area contributed by atoms with Crippen molar-refractivity contribution < 1.29 is 4.74 Å². The lowest BCUT2D eigenvalue weighted by Gasteiger charge is -2.14. The molecule has 0 unspecified atom stereocenters. The van der Waals surface area contributed by atoms with Crippen LogP contribution in [0.2, 0.25) is 0 Å². The van der Waals surface area contributed by atoms with E-state index in [-0.39, 0.29) is 5.60 Å². The molecule has 13 heavy (non-hydrogen) atoms. The summed E-state index contributed by atoms with van der Waals surface area (Å²) in [4.78, 5) is 0. The second-order valence-electron chi connectivity index (χ2n) is 3.36. The Hall–Kier alpha value is -1.33. The quantitative estimate of drug-likeness (QED) is 0.686. The van der Waals surface area contributed by atoms with E-state index >= 15 is 0 Å². The van der Waals surface area contributed by atoms with Crippen LogP contribution in [0, 0.1) is 11.3 Å². The number of benzene rings is 1. The molecule has 0 aromatic heterocycles. The molecule has 1 aliphatic rings. The highest BCUT2D eigenvalue weighted by molar-refractivity contribution is 5.43. The maximum absolute atomic E-state index is 8.90. The van der Waals surface area contributed by atoms with E-state index in [0.717, 1.165) is 24.0 Å². The Kier molecular flexibility index (Phi) is 1.82. The van der Waals surface area contributed by atoms with Crippen molar-refractivity contribution in [3.63, 3.8) is 0 Å². The summed E-state index contributed by atoms with van der Waals surface area (Å²) < 4.78 is 5.43. The Morgan fingerprint density at radius 3 is 2.62 bits per heavy atom. The molecule has 0 amide bonds. The Morgan fingerprint density at radius 2 is 2.08 bits per heavy atom. The van der Waals surface area contributed by atoms with Crippen LogP contribution in [0.15, 0.2) is 24.3 Å². The number of methoxy groups -OCH3 is 1. The standard InChI is InChI=1S/C11H11NO/c1-13-11(6-7-11)10-5-3-2-4-9(10)8-12/h2-5H,6-7H2,1H3. The predicted molar refractivity (Wildman–Crippen MR) is 49.1 cm³/mol. The topological polar surface area (TPSA) is 33.0 Å². The van der Waals surface area contributed by atoms with Crippen molar-refractivity contribution in [3.8, 4) is 6.07 Å². The fourth-order valence-corrected chi connectivity index (χ4v) is 1.67. The largest absolute Gasteiger partial charge is 0.373 e. The van der Waals surface area contributed by atoms with Crippen molar-refractivity contribution in [2.24, 2.45) is 0 Å². The number of hydrogen-bond acceptors (Lipinski definition) is 2. The van der Waals surface area contributed by atoms with Gasteiger partial charge in [-0.15, -0.1) is 0 Å². The summed E-state index contributed by atoms with van der Waals surface area (Å²) >= 11 is 0. The van der Waals surface area contributed by atoms with Crippen LogP contribution in [-0.4, -0.2) is 7.11 Å². The number of nitrogens with zero attached hydrogens (tertiary/aromatic N) is 1. The van der Waals surface area contributed by atoms with Gasteiger partial charge in [0.15, 0.2) is 0 Å². The predicted octanol–water partition coefficient (Wildman–Crippen LogP) is 2.19. The molecule has 0 N–H and O–H groups in total. The summed E-state index contributed by atoms with van der Waals surface area (Å²) in [5, 5.41) is 8.90. The third kappa shape index (κ3) is 1.22. The van der Waals surface area contributed by atoms with Gasteiger partial charge in [-0.2, -0.15) is 5.26 Å². The number of hydrogen-bond donors (Lipinski definition) is 0. The van der Waals surface area contributed by atoms with Crippen molar-refractivity contribution in [3.05, 3.63) is 35.4 Å². The summed E-state index contributed by atoms with van der Waals surface area (Å²) in [6.45, 7) is 0. The molecule has 0 bridgehead atoms.